The molecule has 0 radical (unpaired) electrons. The van der Waals surface area contributed by atoms with Crippen molar-refractivity contribution in [1.82, 2.24) is 29.8 Å². The molecule has 10 nitrogen and oxygen atoms in total. The van der Waals surface area contributed by atoms with Crippen LogP contribution < -0.4 is 15.8 Å². The van der Waals surface area contributed by atoms with Gasteiger partial charge in [0.2, 0.25) is 0 Å². The van der Waals surface area contributed by atoms with Gasteiger partial charge in [-0.25, -0.2) is 14.5 Å². The van der Waals surface area contributed by atoms with E-state index < -0.39 is 0 Å². The first-order valence-electron chi connectivity index (χ1n) is 11.2. The van der Waals surface area contributed by atoms with Gasteiger partial charge in [0.25, 0.3) is 5.91 Å². The number of oxazole rings is 1. The van der Waals surface area contributed by atoms with Crippen molar-refractivity contribution in [2.75, 3.05) is 39.0 Å². The van der Waals surface area contributed by atoms with Crippen molar-refractivity contribution in [3.63, 3.8) is 0 Å². The first kappa shape index (κ1) is 21.6. The van der Waals surface area contributed by atoms with Gasteiger partial charge >= 0.3 is 0 Å². The molecule has 1 saturated heterocycles. The summed E-state index contributed by atoms with van der Waals surface area (Å²) in [6.45, 7) is 4.68. The Bertz CT molecular complexity index is 1570. The average molecular weight is 490 g/mol. The van der Waals surface area contributed by atoms with E-state index in [4.69, 9.17) is 14.9 Å². The number of carbonyl (C=O) groups is 1. The van der Waals surface area contributed by atoms with Gasteiger partial charge in [0.15, 0.2) is 18.0 Å². The summed E-state index contributed by atoms with van der Waals surface area (Å²) < 4.78 is 14.0. The number of hydrogen-bond donors (Lipinski definition) is 2. The zero-order valence-electron chi connectivity index (χ0n) is 19.2. The predicted molar refractivity (Wildman–Crippen MR) is 134 cm³/mol. The van der Waals surface area contributed by atoms with E-state index in [9.17, 15) is 4.79 Å². The summed E-state index contributed by atoms with van der Waals surface area (Å²) in [5.41, 5.74) is 9.77. The molecule has 0 spiro atoms. The summed E-state index contributed by atoms with van der Waals surface area (Å²) in [5, 5.41) is 8.78. The monoisotopic (exact) mass is 489 g/mol. The Labute approximate surface area is 204 Å². The van der Waals surface area contributed by atoms with Crippen molar-refractivity contribution >= 4 is 38.7 Å². The zero-order valence-corrected chi connectivity index (χ0v) is 20.1. The van der Waals surface area contributed by atoms with E-state index in [-0.39, 0.29) is 11.7 Å². The number of aryl methyl sites for hydroxylation is 1. The minimum Gasteiger partial charge on any atom is -0.495 e. The molecule has 1 aliphatic heterocycles. The fourth-order valence-corrected chi connectivity index (χ4v) is 5.87. The lowest BCUT2D eigenvalue weighted by atomic mass is 10.0. The highest BCUT2D eigenvalue weighted by molar-refractivity contribution is 7.22. The molecule has 4 aromatic heterocycles. The number of amides is 1. The molecule has 0 saturated carbocycles. The van der Waals surface area contributed by atoms with E-state index in [1.807, 2.05) is 17.9 Å². The molecule has 5 aromatic rings. The Hall–Kier alpha value is -3.96. The van der Waals surface area contributed by atoms with E-state index in [2.05, 4.69) is 32.5 Å². The summed E-state index contributed by atoms with van der Waals surface area (Å²) in [6, 6.07) is 6.20. The van der Waals surface area contributed by atoms with Crippen molar-refractivity contribution in [3.8, 4) is 27.5 Å². The normalized spacial score (nSPS) is 14.2. The lowest BCUT2D eigenvalue weighted by Crippen LogP contribution is -2.46. The Morgan fingerprint density at radius 2 is 2.06 bits per heavy atom. The lowest BCUT2D eigenvalue weighted by Gasteiger charge is -2.27. The van der Waals surface area contributed by atoms with Gasteiger partial charge in [0, 0.05) is 36.6 Å². The van der Waals surface area contributed by atoms with E-state index in [1.54, 1.807) is 29.2 Å². The van der Waals surface area contributed by atoms with Gasteiger partial charge in [-0.15, -0.1) is 11.3 Å². The van der Waals surface area contributed by atoms with E-state index >= 15 is 0 Å². The first-order valence-corrected chi connectivity index (χ1v) is 12.0. The largest absolute Gasteiger partial charge is 0.495 e. The number of nitrogens with one attached hydrogen (secondary N) is 1. The van der Waals surface area contributed by atoms with Crippen molar-refractivity contribution in [1.29, 1.82) is 0 Å². The van der Waals surface area contributed by atoms with E-state index in [0.717, 1.165) is 44.9 Å². The van der Waals surface area contributed by atoms with Crippen LogP contribution in [0.3, 0.4) is 0 Å². The maximum Gasteiger partial charge on any atom is 0.273 e. The SMILES string of the molecule is COc1cc(C)cc2cc(-c3c(-c4cnco4)c(C(=O)N4CCNCC4)n4ncnc(N)c34)sc12. The number of ether oxygens (including phenoxy) is 1. The van der Waals surface area contributed by atoms with E-state index in [1.165, 1.54) is 12.7 Å². The molecule has 1 amide bonds. The molecule has 0 atom stereocenters. The van der Waals surface area contributed by atoms with Gasteiger partial charge in [0.1, 0.15) is 23.3 Å². The fraction of sp³-hybridized carbons (Fsp3) is 0.250. The summed E-state index contributed by atoms with van der Waals surface area (Å²) in [4.78, 5) is 25.0. The molecule has 0 aliphatic carbocycles. The second-order valence-electron chi connectivity index (χ2n) is 8.41. The van der Waals surface area contributed by atoms with Crippen LogP contribution in [0.25, 0.3) is 37.4 Å². The maximum atomic E-state index is 13.9. The number of nitrogen functional groups attached to an aromatic ring is 1. The number of hydrogen-bond acceptors (Lipinski definition) is 9. The van der Waals surface area contributed by atoms with Gasteiger partial charge < -0.3 is 25.1 Å². The Morgan fingerprint density at radius 1 is 1.23 bits per heavy atom. The molecule has 0 bridgehead atoms. The quantitative estimate of drug-likeness (QED) is 0.394. The Balaban J connectivity index is 1.69. The number of fused-ring (bicyclic) bond motifs is 2. The molecule has 0 unspecified atom stereocenters. The number of piperazine rings is 1. The lowest BCUT2D eigenvalue weighted by molar-refractivity contribution is 0.0728. The molecule has 178 valence electrons. The van der Waals surface area contributed by atoms with Crippen LogP contribution >= 0.6 is 11.3 Å². The van der Waals surface area contributed by atoms with Crippen molar-refractivity contribution < 1.29 is 13.9 Å². The molecule has 1 aromatic carbocycles. The number of thiophene rings is 1. The van der Waals surface area contributed by atoms with Gasteiger partial charge in [-0.1, -0.05) is 6.07 Å². The number of carbonyl (C=O) groups excluding carboxylic acids is 1. The van der Waals surface area contributed by atoms with Gasteiger partial charge in [0.05, 0.1) is 23.6 Å². The molecular formula is C24H23N7O3S. The van der Waals surface area contributed by atoms with Crippen LogP contribution in [0.2, 0.25) is 0 Å². The summed E-state index contributed by atoms with van der Waals surface area (Å²) in [7, 11) is 1.66. The molecular weight excluding hydrogens is 466 g/mol. The predicted octanol–water partition coefficient (Wildman–Crippen LogP) is 3.21. The van der Waals surface area contributed by atoms with Crippen LogP contribution in [0.1, 0.15) is 16.1 Å². The second-order valence-corrected chi connectivity index (χ2v) is 9.46. The molecule has 1 fully saturated rings. The highest BCUT2D eigenvalue weighted by atomic mass is 32.1. The van der Waals surface area contributed by atoms with E-state index in [0.29, 0.717) is 35.6 Å². The molecule has 3 N–H and O–H groups in total. The highest BCUT2D eigenvalue weighted by Crippen LogP contribution is 2.47. The third-order valence-electron chi connectivity index (χ3n) is 6.23. The Morgan fingerprint density at radius 3 is 2.80 bits per heavy atom. The van der Waals surface area contributed by atoms with Crippen molar-refractivity contribution in [3.05, 3.63) is 48.4 Å². The van der Waals surface area contributed by atoms with Crippen molar-refractivity contribution in [2.24, 2.45) is 0 Å². The third kappa shape index (κ3) is 3.43. The molecule has 1 aliphatic rings. The van der Waals surface area contributed by atoms with Crippen LogP contribution in [-0.4, -0.2) is 63.7 Å². The molecule has 11 heteroatoms. The number of anilines is 1. The first-order chi connectivity index (χ1) is 17.1. The summed E-state index contributed by atoms with van der Waals surface area (Å²) in [6.07, 6.45) is 4.32. The smallest absolute Gasteiger partial charge is 0.273 e. The third-order valence-corrected chi connectivity index (χ3v) is 7.42. The molecule has 6 rings (SSSR count). The van der Waals surface area contributed by atoms with Crippen LogP contribution in [0.4, 0.5) is 5.82 Å². The number of benzene rings is 1. The number of aromatic nitrogens is 4. The minimum atomic E-state index is -0.146. The topological polar surface area (TPSA) is 124 Å². The van der Waals surface area contributed by atoms with Crippen molar-refractivity contribution in [2.45, 2.75) is 6.92 Å². The second kappa shape index (κ2) is 8.36. The number of nitrogens with zero attached hydrogens (tertiary/aromatic N) is 5. The fourth-order valence-electron chi connectivity index (χ4n) is 4.69. The van der Waals surface area contributed by atoms with Crippen LogP contribution in [0, 0.1) is 6.92 Å². The molecule has 5 heterocycles. The average Bonchev–Trinajstić information content (AvgIpc) is 3.60. The maximum absolute atomic E-state index is 13.9. The molecule has 35 heavy (non-hydrogen) atoms. The van der Waals surface area contributed by atoms with Crippen LogP contribution in [0.5, 0.6) is 5.75 Å². The summed E-state index contributed by atoms with van der Waals surface area (Å²) in [5.74, 6) is 1.38. The highest BCUT2D eigenvalue weighted by Gasteiger charge is 2.33. The zero-order chi connectivity index (χ0) is 24.1. The standard InChI is InChI=1S/C24H23N7O3S/c1-13-7-14-9-17(35-22(14)15(8-13)33-2)19-18(16-10-27-12-34-16)21(24(32)30-5-3-26-4-6-30)31-20(19)23(25)28-11-29-31/h7-12,26H,3-6H2,1-2H3,(H2,25,28,29). The van der Waals surface area contributed by atoms with Gasteiger partial charge in [-0.05, 0) is 30.0 Å². The van der Waals surface area contributed by atoms with Gasteiger partial charge in [-0.3, -0.25) is 4.79 Å². The van der Waals surface area contributed by atoms with Gasteiger partial charge in [-0.2, -0.15) is 5.10 Å². The summed E-state index contributed by atoms with van der Waals surface area (Å²) >= 11 is 1.56. The number of nitrogens with two attached hydrogens (primary N) is 1. The Kier molecular flexibility index (Phi) is 5.15. The van der Waals surface area contributed by atoms with Crippen LogP contribution in [0.15, 0.2) is 41.5 Å². The number of rotatable bonds is 4. The minimum absolute atomic E-state index is 0.146. The number of methoxy groups -OCH3 is 1. The van der Waals surface area contributed by atoms with Crippen LogP contribution in [-0.2, 0) is 0 Å².